The molecule has 0 spiro atoms. The number of hydrogen-bond donors (Lipinski definition) is 2. The third-order valence-corrected chi connectivity index (χ3v) is 3.50. The number of hydrogen-bond acceptors (Lipinski definition) is 3. The van der Waals surface area contributed by atoms with Crippen LogP contribution in [0.1, 0.15) is 0 Å². The van der Waals surface area contributed by atoms with Gasteiger partial charge in [-0.1, -0.05) is 33.6 Å². The van der Waals surface area contributed by atoms with Crippen LogP contribution in [0.25, 0.3) is 0 Å². The number of ether oxygens (including phenoxy) is 1. The van der Waals surface area contributed by atoms with Gasteiger partial charge in [0.15, 0.2) is 0 Å². The minimum Gasteiger partial charge on any atom is -0.491 e. The molecule has 0 aliphatic carbocycles. The topological polar surface area (TPSA) is 41.5 Å². The molecule has 0 radical (unpaired) electrons. The lowest BCUT2D eigenvalue weighted by molar-refractivity contribution is 0.117. The number of rotatable bonds is 6. The van der Waals surface area contributed by atoms with Crippen LogP contribution in [0.15, 0.2) is 46.9 Å². The second kappa shape index (κ2) is 7.64. The molecule has 0 aromatic heterocycles. The summed E-state index contributed by atoms with van der Waals surface area (Å²) in [5.74, 6) is 0.271. The fourth-order valence-corrected chi connectivity index (χ4v) is 2.28. The molecule has 0 aliphatic rings. The van der Waals surface area contributed by atoms with E-state index in [1.165, 1.54) is 18.2 Å². The molecule has 0 fully saturated rings. The molecular formula is C15H14BrClFNO2. The van der Waals surface area contributed by atoms with E-state index >= 15 is 0 Å². The zero-order chi connectivity index (χ0) is 15.2. The van der Waals surface area contributed by atoms with Gasteiger partial charge in [-0.15, -0.1) is 0 Å². The Bertz CT molecular complexity index is 612. The fourth-order valence-electron chi connectivity index (χ4n) is 1.67. The van der Waals surface area contributed by atoms with Gasteiger partial charge < -0.3 is 15.2 Å². The molecule has 3 nitrogen and oxygen atoms in total. The Kier molecular flexibility index (Phi) is 5.85. The van der Waals surface area contributed by atoms with Crippen LogP contribution in [0.5, 0.6) is 5.75 Å². The first-order valence-corrected chi connectivity index (χ1v) is 7.47. The molecule has 112 valence electrons. The fraction of sp³-hybridized carbons (Fsp3) is 0.200. The standard InChI is InChI=1S/C15H14BrClFNO2/c16-10-2-1-3-13(6-10)21-9-12(20)8-19-15-5-4-11(18)7-14(15)17/h1-7,12,19-20H,8-9H2. The average molecular weight is 375 g/mol. The lowest BCUT2D eigenvalue weighted by Crippen LogP contribution is -2.26. The van der Waals surface area contributed by atoms with Crippen molar-refractivity contribution in [3.63, 3.8) is 0 Å². The second-order valence-corrected chi connectivity index (χ2v) is 5.75. The van der Waals surface area contributed by atoms with Gasteiger partial charge in [0, 0.05) is 11.0 Å². The van der Waals surface area contributed by atoms with Crippen molar-refractivity contribution in [2.24, 2.45) is 0 Å². The maximum Gasteiger partial charge on any atom is 0.124 e. The van der Waals surface area contributed by atoms with E-state index in [0.717, 1.165) is 4.47 Å². The molecule has 2 aromatic rings. The smallest absolute Gasteiger partial charge is 0.124 e. The first-order valence-electron chi connectivity index (χ1n) is 6.30. The highest BCUT2D eigenvalue weighted by Gasteiger charge is 2.07. The van der Waals surface area contributed by atoms with E-state index in [-0.39, 0.29) is 18.2 Å². The van der Waals surface area contributed by atoms with Crippen LogP contribution < -0.4 is 10.1 Å². The van der Waals surface area contributed by atoms with Crippen LogP contribution in [-0.4, -0.2) is 24.4 Å². The number of aliphatic hydroxyl groups excluding tert-OH is 1. The van der Waals surface area contributed by atoms with Crippen LogP contribution in [0.2, 0.25) is 5.02 Å². The van der Waals surface area contributed by atoms with E-state index < -0.39 is 11.9 Å². The van der Waals surface area contributed by atoms with Crippen molar-refractivity contribution in [3.8, 4) is 5.75 Å². The van der Waals surface area contributed by atoms with Gasteiger partial charge in [-0.3, -0.25) is 0 Å². The molecule has 2 rings (SSSR count). The molecule has 2 N–H and O–H groups in total. The van der Waals surface area contributed by atoms with E-state index in [0.29, 0.717) is 11.4 Å². The van der Waals surface area contributed by atoms with Crippen LogP contribution >= 0.6 is 27.5 Å². The van der Waals surface area contributed by atoms with Crippen molar-refractivity contribution in [3.05, 3.63) is 57.8 Å². The molecule has 0 amide bonds. The molecule has 0 saturated heterocycles. The molecule has 1 unspecified atom stereocenters. The summed E-state index contributed by atoms with van der Waals surface area (Å²) in [4.78, 5) is 0. The van der Waals surface area contributed by atoms with Gasteiger partial charge in [-0.25, -0.2) is 4.39 Å². The first-order chi connectivity index (χ1) is 10.0. The summed E-state index contributed by atoms with van der Waals surface area (Å²) >= 11 is 9.23. The van der Waals surface area contributed by atoms with E-state index in [9.17, 15) is 9.50 Å². The SMILES string of the molecule is OC(CNc1ccc(F)cc1Cl)COc1cccc(Br)c1. The summed E-state index contributed by atoms with van der Waals surface area (Å²) in [6, 6.07) is 11.4. The maximum atomic E-state index is 12.9. The normalized spacial score (nSPS) is 12.0. The van der Waals surface area contributed by atoms with Crippen molar-refractivity contribution in [2.75, 3.05) is 18.5 Å². The van der Waals surface area contributed by atoms with Crippen molar-refractivity contribution < 1.29 is 14.2 Å². The third-order valence-electron chi connectivity index (χ3n) is 2.70. The van der Waals surface area contributed by atoms with Gasteiger partial charge in [0.25, 0.3) is 0 Å². The average Bonchev–Trinajstić information content (AvgIpc) is 2.44. The molecule has 6 heteroatoms. The summed E-state index contributed by atoms with van der Waals surface area (Å²) in [7, 11) is 0. The summed E-state index contributed by atoms with van der Waals surface area (Å²) in [6.07, 6.45) is -0.717. The molecule has 0 heterocycles. The third kappa shape index (κ3) is 5.19. The van der Waals surface area contributed by atoms with Gasteiger partial charge in [0.2, 0.25) is 0 Å². The predicted octanol–water partition coefficient (Wildman–Crippen LogP) is 4.09. The van der Waals surface area contributed by atoms with Crippen LogP contribution in [-0.2, 0) is 0 Å². The van der Waals surface area contributed by atoms with E-state index in [2.05, 4.69) is 21.2 Å². The van der Waals surface area contributed by atoms with E-state index in [1.807, 2.05) is 24.3 Å². The number of halogens is 3. The van der Waals surface area contributed by atoms with Crippen LogP contribution in [0, 0.1) is 5.82 Å². The van der Waals surface area contributed by atoms with Crippen molar-refractivity contribution in [1.82, 2.24) is 0 Å². The molecule has 0 aliphatic heterocycles. The Morgan fingerprint density at radius 2 is 2.10 bits per heavy atom. The van der Waals surface area contributed by atoms with Crippen LogP contribution in [0.3, 0.4) is 0 Å². The molecule has 1 atom stereocenters. The van der Waals surface area contributed by atoms with Crippen LogP contribution in [0.4, 0.5) is 10.1 Å². The quantitative estimate of drug-likeness (QED) is 0.800. The number of anilines is 1. The monoisotopic (exact) mass is 373 g/mol. The molecule has 21 heavy (non-hydrogen) atoms. The minimum absolute atomic E-state index is 0.141. The Morgan fingerprint density at radius 1 is 1.29 bits per heavy atom. The van der Waals surface area contributed by atoms with Crippen molar-refractivity contribution in [2.45, 2.75) is 6.10 Å². The van der Waals surface area contributed by atoms with Gasteiger partial charge in [0.1, 0.15) is 24.3 Å². The van der Waals surface area contributed by atoms with Gasteiger partial charge in [-0.05, 0) is 36.4 Å². The number of benzene rings is 2. The second-order valence-electron chi connectivity index (χ2n) is 4.43. The summed E-state index contributed by atoms with van der Waals surface area (Å²) in [5, 5.41) is 13.1. The van der Waals surface area contributed by atoms with Gasteiger partial charge in [0.05, 0.1) is 10.7 Å². The first kappa shape index (κ1) is 16.1. The highest BCUT2D eigenvalue weighted by atomic mass is 79.9. The molecule has 0 bridgehead atoms. The highest BCUT2D eigenvalue weighted by molar-refractivity contribution is 9.10. The minimum atomic E-state index is -0.717. The lowest BCUT2D eigenvalue weighted by Gasteiger charge is -2.15. The zero-order valence-electron chi connectivity index (χ0n) is 11.0. The van der Waals surface area contributed by atoms with E-state index in [4.69, 9.17) is 16.3 Å². The summed E-state index contributed by atoms with van der Waals surface area (Å²) in [5.41, 5.74) is 0.569. The number of aliphatic hydroxyl groups is 1. The zero-order valence-corrected chi connectivity index (χ0v) is 13.4. The summed E-state index contributed by atoms with van der Waals surface area (Å²) in [6.45, 7) is 0.390. The Hall–Kier alpha value is -1.30. The summed E-state index contributed by atoms with van der Waals surface area (Å²) < 4.78 is 19.3. The highest BCUT2D eigenvalue weighted by Crippen LogP contribution is 2.22. The maximum absolute atomic E-state index is 12.9. The predicted molar refractivity (Wildman–Crippen MR) is 85.5 cm³/mol. The lowest BCUT2D eigenvalue weighted by atomic mass is 10.3. The van der Waals surface area contributed by atoms with Crippen molar-refractivity contribution in [1.29, 1.82) is 0 Å². The Balaban J connectivity index is 1.80. The molecule has 2 aromatic carbocycles. The van der Waals surface area contributed by atoms with E-state index in [1.54, 1.807) is 0 Å². The molecule has 0 saturated carbocycles. The Morgan fingerprint density at radius 3 is 2.81 bits per heavy atom. The largest absolute Gasteiger partial charge is 0.491 e. The molecular weight excluding hydrogens is 361 g/mol. The van der Waals surface area contributed by atoms with Crippen molar-refractivity contribution >= 4 is 33.2 Å². The van der Waals surface area contributed by atoms with Gasteiger partial charge >= 0.3 is 0 Å². The Labute approximate surface area is 135 Å². The number of nitrogens with one attached hydrogen (secondary N) is 1. The van der Waals surface area contributed by atoms with Gasteiger partial charge in [-0.2, -0.15) is 0 Å².